The number of Topliss-reactive ketones (excluding diaryl/α,β-unsaturated/α-hetero) is 1. The molecule has 0 saturated heterocycles. The minimum Gasteiger partial charge on any atom is -0.633 e. The number of rotatable bonds is 4. The van der Waals surface area contributed by atoms with Gasteiger partial charge in [0.1, 0.15) is 6.54 Å². The number of carbonyl (C=O) groups excluding carboxylic acids is 1. The van der Waals surface area contributed by atoms with Crippen molar-refractivity contribution in [2.24, 2.45) is 0 Å². The quantitative estimate of drug-likeness (QED) is 0.348. The largest absolute Gasteiger partial charge is 0.633 e. The van der Waals surface area contributed by atoms with Crippen molar-refractivity contribution in [3.8, 4) is 0 Å². The van der Waals surface area contributed by atoms with E-state index in [1.54, 1.807) is 13.8 Å². The second kappa shape index (κ2) is 3.64. The van der Waals surface area contributed by atoms with Gasteiger partial charge in [-0.3, -0.25) is 4.79 Å². The van der Waals surface area contributed by atoms with Crippen LogP contribution in [0.2, 0.25) is 0 Å². The van der Waals surface area contributed by atoms with Crippen LogP contribution in [0.3, 0.4) is 0 Å². The zero-order valence-corrected chi connectivity index (χ0v) is 7.39. The summed E-state index contributed by atoms with van der Waals surface area (Å²) in [5, 5.41) is 11.3. The Labute approximate surface area is 67.5 Å². The first-order valence-electron chi connectivity index (χ1n) is 3.63. The van der Waals surface area contributed by atoms with Crippen LogP contribution < -0.4 is 0 Å². The molecule has 11 heavy (non-hydrogen) atoms. The van der Waals surface area contributed by atoms with Gasteiger partial charge in [-0.25, -0.2) is 0 Å². The predicted molar refractivity (Wildman–Crippen MR) is 44.8 cm³/mol. The average Bonchev–Trinajstić information content (AvgIpc) is 1.87. The van der Waals surface area contributed by atoms with Gasteiger partial charge in [0.05, 0.1) is 13.6 Å². The van der Waals surface area contributed by atoms with E-state index in [1.807, 2.05) is 0 Å². The Kier molecular flexibility index (Phi) is 3.42. The van der Waals surface area contributed by atoms with Gasteiger partial charge in [0.25, 0.3) is 0 Å². The molecule has 3 nitrogen and oxygen atoms in total. The van der Waals surface area contributed by atoms with E-state index < -0.39 is 4.65 Å². The first-order valence-corrected chi connectivity index (χ1v) is 3.63. The summed E-state index contributed by atoms with van der Waals surface area (Å²) in [4.78, 5) is 11.0. The lowest BCUT2D eigenvalue weighted by atomic mass is 10.2. The molecule has 0 fully saturated rings. The molecule has 0 amide bonds. The minimum atomic E-state index is -0.508. The van der Waals surface area contributed by atoms with Crippen LogP contribution in [0.4, 0.5) is 0 Å². The molecule has 0 aromatic rings. The predicted octanol–water partition coefficient (Wildman–Crippen LogP) is 1.10. The molecular weight excluding hydrogens is 142 g/mol. The van der Waals surface area contributed by atoms with Crippen molar-refractivity contribution >= 4 is 5.78 Å². The van der Waals surface area contributed by atoms with Crippen LogP contribution in [0.25, 0.3) is 0 Å². The van der Waals surface area contributed by atoms with E-state index in [4.69, 9.17) is 0 Å². The van der Waals surface area contributed by atoms with Gasteiger partial charge in [-0.1, -0.05) is 6.58 Å². The van der Waals surface area contributed by atoms with Crippen LogP contribution in [0.5, 0.6) is 0 Å². The summed E-state index contributed by atoms with van der Waals surface area (Å²) >= 11 is 0. The lowest BCUT2D eigenvalue weighted by Gasteiger charge is -2.36. The Morgan fingerprint density at radius 1 is 1.64 bits per heavy atom. The van der Waals surface area contributed by atoms with E-state index >= 15 is 0 Å². The van der Waals surface area contributed by atoms with Gasteiger partial charge in [0.15, 0.2) is 0 Å². The van der Waals surface area contributed by atoms with Gasteiger partial charge in [-0.05, 0) is 19.4 Å². The van der Waals surface area contributed by atoms with Gasteiger partial charge >= 0.3 is 0 Å². The molecule has 0 saturated carbocycles. The Morgan fingerprint density at radius 3 is 2.36 bits per heavy atom. The first-order chi connectivity index (χ1) is 4.89. The smallest absolute Gasteiger partial charge is 0.212 e. The van der Waals surface area contributed by atoms with Crippen molar-refractivity contribution in [1.29, 1.82) is 0 Å². The lowest BCUT2D eigenvalue weighted by Crippen LogP contribution is -2.41. The van der Waals surface area contributed by atoms with E-state index in [0.29, 0.717) is 12.1 Å². The number of hydrogen-bond acceptors (Lipinski definition) is 2. The topological polar surface area (TPSA) is 40.1 Å². The van der Waals surface area contributed by atoms with Crippen molar-refractivity contribution in [1.82, 2.24) is 0 Å². The van der Waals surface area contributed by atoms with Crippen molar-refractivity contribution in [2.45, 2.75) is 13.8 Å². The van der Waals surface area contributed by atoms with Gasteiger partial charge in [-0.15, -0.1) is 0 Å². The Balaban J connectivity index is 4.04. The molecule has 0 radical (unpaired) electrons. The van der Waals surface area contributed by atoms with Crippen LogP contribution in [-0.2, 0) is 4.79 Å². The SMILES string of the molecule is C=C(C)C(=O)C[N+](C)([O-])CC. The van der Waals surface area contributed by atoms with Gasteiger partial charge in [0.2, 0.25) is 5.78 Å². The molecule has 1 atom stereocenters. The van der Waals surface area contributed by atoms with E-state index in [2.05, 4.69) is 6.58 Å². The zero-order chi connectivity index (χ0) is 9.07. The molecule has 0 heterocycles. The van der Waals surface area contributed by atoms with Crippen molar-refractivity contribution < 1.29 is 9.44 Å². The molecule has 0 bridgehead atoms. The maximum Gasteiger partial charge on any atom is 0.212 e. The van der Waals surface area contributed by atoms with Gasteiger partial charge < -0.3 is 9.85 Å². The first kappa shape index (κ1) is 10.3. The van der Waals surface area contributed by atoms with Crippen LogP contribution in [0.15, 0.2) is 12.2 Å². The molecule has 0 aliphatic carbocycles. The number of hydrogen-bond donors (Lipinski definition) is 0. The molecule has 0 aromatic heterocycles. The third-order valence-corrected chi connectivity index (χ3v) is 1.62. The summed E-state index contributed by atoms with van der Waals surface area (Å²) in [5.41, 5.74) is 0.457. The molecule has 0 aliphatic rings. The number of quaternary nitrogens is 1. The molecule has 0 aliphatic heterocycles. The molecule has 64 valence electrons. The van der Waals surface area contributed by atoms with Crippen LogP contribution in [-0.4, -0.2) is 30.6 Å². The van der Waals surface area contributed by atoms with Gasteiger partial charge in [-0.2, -0.15) is 0 Å². The molecule has 3 heteroatoms. The second-order valence-corrected chi connectivity index (χ2v) is 2.97. The van der Waals surface area contributed by atoms with Crippen molar-refractivity contribution in [2.75, 3.05) is 20.1 Å². The molecular formula is C8H15NO2. The fourth-order valence-electron chi connectivity index (χ4n) is 0.551. The number of ketones is 1. The summed E-state index contributed by atoms with van der Waals surface area (Å²) in [7, 11) is 1.49. The highest BCUT2D eigenvalue weighted by Crippen LogP contribution is 2.01. The van der Waals surface area contributed by atoms with E-state index in [0.717, 1.165) is 0 Å². The fraction of sp³-hybridized carbons (Fsp3) is 0.625. The highest BCUT2D eigenvalue weighted by molar-refractivity contribution is 5.95. The molecule has 0 rings (SSSR count). The summed E-state index contributed by atoms with van der Waals surface area (Å²) in [5.74, 6) is -0.149. The molecule has 1 unspecified atom stereocenters. The van der Waals surface area contributed by atoms with Crippen molar-refractivity contribution in [3.63, 3.8) is 0 Å². The third kappa shape index (κ3) is 3.91. The molecule has 0 aromatic carbocycles. The number of carbonyl (C=O) groups is 1. The van der Waals surface area contributed by atoms with E-state index in [1.165, 1.54) is 7.05 Å². The summed E-state index contributed by atoms with van der Waals surface area (Å²) in [6, 6.07) is 0. The maximum atomic E-state index is 11.3. The van der Waals surface area contributed by atoms with Crippen molar-refractivity contribution in [3.05, 3.63) is 17.4 Å². The summed E-state index contributed by atoms with van der Waals surface area (Å²) in [6.07, 6.45) is 0. The van der Waals surface area contributed by atoms with Crippen LogP contribution >= 0.6 is 0 Å². The lowest BCUT2D eigenvalue weighted by molar-refractivity contribution is -0.850. The normalized spacial score (nSPS) is 15.6. The zero-order valence-electron chi connectivity index (χ0n) is 7.39. The van der Waals surface area contributed by atoms with Gasteiger partial charge in [0, 0.05) is 0 Å². The average molecular weight is 157 g/mol. The van der Waals surface area contributed by atoms with Crippen LogP contribution in [0, 0.1) is 5.21 Å². The Bertz CT molecular complexity index is 173. The number of nitrogens with zero attached hydrogens (tertiary/aromatic N) is 1. The second-order valence-electron chi connectivity index (χ2n) is 2.97. The Morgan fingerprint density at radius 2 is 2.09 bits per heavy atom. The number of likely N-dealkylation sites (N-methyl/N-ethyl adjacent to an activating group) is 1. The standard InChI is InChI=1S/C8H15NO2/c1-5-9(4,11)6-8(10)7(2)3/h2,5-6H2,1,3-4H3. The monoisotopic (exact) mass is 157 g/mol. The molecule has 0 N–H and O–H groups in total. The summed E-state index contributed by atoms with van der Waals surface area (Å²) in [6.45, 7) is 7.28. The maximum absolute atomic E-state index is 11.3. The van der Waals surface area contributed by atoms with E-state index in [9.17, 15) is 10.0 Å². The Hall–Kier alpha value is -0.670. The summed E-state index contributed by atoms with van der Waals surface area (Å²) < 4.78 is -0.508. The fourth-order valence-corrected chi connectivity index (χ4v) is 0.551. The third-order valence-electron chi connectivity index (χ3n) is 1.62. The minimum absolute atomic E-state index is 0.00579. The highest BCUT2D eigenvalue weighted by Gasteiger charge is 2.13. The molecule has 0 spiro atoms. The van der Waals surface area contributed by atoms with Crippen LogP contribution in [0.1, 0.15) is 13.8 Å². The number of hydroxylamine groups is 3. The van der Waals surface area contributed by atoms with E-state index in [-0.39, 0.29) is 12.3 Å². The highest BCUT2D eigenvalue weighted by atomic mass is 16.5.